The Bertz CT molecular complexity index is 708. The fraction of sp³-hybridized carbons (Fsp3) is 0.526. The second kappa shape index (κ2) is 6.96. The van der Waals surface area contributed by atoms with Crippen LogP contribution in [0.5, 0.6) is 0 Å². The van der Waals surface area contributed by atoms with Gasteiger partial charge in [0.05, 0.1) is 6.04 Å². The number of H-pyrrole nitrogens is 1. The van der Waals surface area contributed by atoms with Gasteiger partial charge in [-0.2, -0.15) is 5.10 Å². The zero-order chi connectivity index (χ0) is 17.2. The minimum atomic E-state index is -0.171. The Morgan fingerprint density at radius 3 is 2.84 bits per heavy atom. The highest BCUT2D eigenvalue weighted by molar-refractivity contribution is 5.93. The number of hydrogen-bond donors (Lipinski definition) is 2. The molecule has 1 saturated heterocycles. The van der Waals surface area contributed by atoms with Gasteiger partial charge < -0.3 is 5.32 Å². The van der Waals surface area contributed by atoms with Crippen molar-refractivity contribution in [3.63, 3.8) is 0 Å². The number of aromatic amines is 1. The quantitative estimate of drug-likeness (QED) is 0.878. The van der Waals surface area contributed by atoms with E-state index in [1.807, 2.05) is 25.3 Å². The minimum Gasteiger partial charge on any atom is -0.309 e. The van der Waals surface area contributed by atoms with Gasteiger partial charge in [-0.15, -0.1) is 0 Å². The summed E-state index contributed by atoms with van der Waals surface area (Å²) in [4.78, 5) is 19.3. The molecule has 1 amide bonds. The summed E-state index contributed by atoms with van der Waals surface area (Å²) in [5.74, 6) is 1.76. The fourth-order valence-corrected chi connectivity index (χ4v) is 3.64. The van der Waals surface area contributed by atoms with Crippen LogP contribution >= 0.6 is 0 Å². The van der Waals surface area contributed by atoms with Crippen molar-refractivity contribution in [2.45, 2.75) is 50.5 Å². The molecule has 1 aliphatic carbocycles. The average Bonchev–Trinajstić information content (AvgIpc) is 3.35. The van der Waals surface area contributed by atoms with Gasteiger partial charge in [-0.1, -0.05) is 6.07 Å². The molecule has 1 saturated carbocycles. The van der Waals surface area contributed by atoms with Crippen LogP contribution in [-0.2, 0) is 4.79 Å². The van der Waals surface area contributed by atoms with Crippen molar-refractivity contribution < 1.29 is 4.79 Å². The maximum atomic E-state index is 12.6. The Balaban J connectivity index is 1.36. The molecule has 2 fully saturated rings. The third-order valence-electron chi connectivity index (χ3n) is 5.43. The highest BCUT2D eigenvalue weighted by Crippen LogP contribution is 2.39. The summed E-state index contributed by atoms with van der Waals surface area (Å²) >= 11 is 0. The van der Waals surface area contributed by atoms with Gasteiger partial charge in [-0.25, -0.2) is 4.98 Å². The number of nitrogens with zero attached hydrogens (tertiary/aromatic N) is 3. The van der Waals surface area contributed by atoms with Crippen molar-refractivity contribution in [1.82, 2.24) is 20.1 Å². The lowest BCUT2D eigenvalue weighted by atomic mass is 9.94. The van der Waals surface area contributed by atoms with E-state index >= 15 is 0 Å². The second-order valence-electron chi connectivity index (χ2n) is 7.26. The molecule has 4 rings (SSSR count). The summed E-state index contributed by atoms with van der Waals surface area (Å²) in [5, 5.41) is 10.1. The largest absolute Gasteiger partial charge is 0.309 e. The molecular formula is C19H25N5O. The standard InChI is InChI=1S/C19H25N5O/c1-13(24-10-2-3-16(12-24)17-8-9-21-23-17)19(25)22-18-7-6-15(11-20-18)14-4-5-14/h6-9,11,13-14,16H,2-5,10,12H2,1H3,(H,21,23)(H,20,22,25)/t13-,16-/m0/s1. The van der Waals surface area contributed by atoms with E-state index < -0.39 is 0 Å². The molecule has 0 spiro atoms. The SMILES string of the molecule is C[C@@H](C(=O)Nc1ccc(C2CC2)cn1)N1CCC[C@H](c2ccn[nH]2)C1. The molecule has 0 bridgehead atoms. The van der Waals surface area contributed by atoms with E-state index in [1.165, 1.54) is 18.4 Å². The van der Waals surface area contributed by atoms with Crippen molar-refractivity contribution in [3.05, 3.63) is 41.9 Å². The highest BCUT2D eigenvalue weighted by Gasteiger charge is 2.29. The summed E-state index contributed by atoms with van der Waals surface area (Å²) < 4.78 is 0. The number of nitrogens with one attached hydrogen (secondary N) is 2. The van der Waals surface area contributed by atoms with E-state index in [0.717, 1.165) is 31.6 Å². The smallest absolute Gasteiger partial charge is 0.242 e. The van der Waals surface area contributed by atoms with Crippen LogP contribution < -0.4 is 5.32 Å². The van der Waals surface area contributed by atoms with Crippen LogP contribution in [0, 0.1) is 0 Å². The third kappa shape index (κ3) is 3.74. The average molecular weight is 339 g/mol. The molecule has 132 valence electrons. The minimum absolute atomic E-state index is 0.0110. The normalized spacial score (nSPS) is 22.5. The summed E-state index contributed by atoms with van der Waals surface area (Å²) in [7, 11) is 0. The number of likely N-dealkylation sites (tertiary alicyclic amines) is 1. The van der Waals surface area contributed by atoms with Gasteiger partial charge in [0.2, 0.25) is 5.91 Å². The Labute approximate surface area is 148 Å². The monoisotopic (exact) mass is 339 g/mol. The number of pyridine rings is 1. The number of aromatic nitrogens is 3. The molecule has 6 nitrogen and oxygen atoms in total. The van der Waals surface area contributed by atoms with Crippen molar-refractivity contribution in [1.29, 1.82) is 0 Å². The summed E-state index contributed by atoms with van der Waals surface area (Å²) in [5.41, 5.74) is 2.44. The number of hydrogen-bond acceptors (Lipinski definition) is 4. The lowest BCUT2D eigenvalue weighted by Gasteiger charge is -2.35. The van der Waals surface area contributed by atoms with Gasteiger partial charge in [0, 0.05) is 30.6 Å². The maximum absolute atomic E-state index is 12.6. The maximum Gasteiger partial charge on any atom is 0.242 e. The Morgan fingerprint density at radius 2 is 2.16 bits per heavy atom. The molecule has 2 N–H and O–H groups in total. The molecule has 0 aromatic carbocycles. The van der Waals surface area contributed by atoms with Crippen molar-refractivity contribution in [2.75, 3.05) is 18.4 Å². The first-order valence-corrected chi connectivity index (χ1v) is 9.21. The second-order valence-corrected chi connectivity index (χ2v) is 7.26. The lowest BCUT2D eigenvalue weighted by molar-refractivity contribution is -0.121. The Morgan fingerprint density at radius 1 is 1.28 bits per heavy atom. The van der Waals surface area contributed by atoms with Gasteiger partial charge >= 0.3 is 0 Å². The van der Waals surface area contributed by atoms with Crippen LogP contribution in [0.25, 0.3) is 0 Å². The van der Waals surface area contributed by atoms with Crippen LogP contribution in [-0.4, -0.2) is 45.1 Å². The van der Waals surface area contributed by atoms with Crippen LogP contribution in [0.4, 0.5) is 5.82 Å². The van der Waals surface area contributed by atoms with Crippen LogP contribution in [0.3, 0.4) is 0 Å². The number of carbonyl (C=O) groups is 1. The van der Waals surface area contributed by atoms with Gasteiger partial charge in [0.25, 0.3) is 0 Å². The van der Waals surface area contributed by atoms with Crippen molar-refractivity contribution >= 4 is 11.7 Å². The first kappa shape index (κ1) is 16.3. The van der Waals surface area contributed by atoms with Crippen LogP contribution in [0.1, 0.15) is 55.7 Å². The molecule has 2 aliphatic rings. The predicted molar refractivity (Wildman–Crippen MR) is 96.4 cm³/mol. The number of amides is 1. The molecule has 2 aromatic heterocycles. The summed E-state index contributed by atoms with van der Waals surface area (Å²) in [6.45, 7) is 3.81. The molecule has 6 heteroatoms. The number of rotatable bonds is 5. The molecule has 0 unspecified atom stereocenters. The van der Waals surface area contributed by atoms with E-state index in [-0.39, 0.29) is 11.9 Å². The van der Waals surface area contributed by atoms with E-state index in [2.05, 4.69) is 31.5 Å². The van der Waals surface area contributed by atoms with E-state index in [1.54, 1.807) is 6.20 Å². The summed E-state index contributed by atoms with van der Waals surface area (Å²) in [6.07, 6.45) is 8.44. The first-order valence-electron chi connectivity index (χ1n) is 9.21. The van der Waals surface area contributed by atoms with E-state index in [4.69, 9.17) is 0 Å². The molecule has 1 aliphatic heterocycles. The molecule has 25 heavy (non-hydrogen) atoms. The van der Waals surface area contributed by atoms with Crippen LogP contribution in [0.15, 0.2) is 30.6 Å². The molecule has 0 radical (unpaired) electrons. The zero-order valence-corrected chi connectivity index (χ0v) is 14.6. The topological polar surface area (TPSA) is 73.9 Å². The first-order chi connectivity index (χ1) is 12.2. The van der Waals surface area contributed by atoms with E-state index in [0.29, 0.717) is 17.7 Å². The number of anilines is 1. The molecule has 2 atom stereocenters. The third-order valence-corrected chi connectivity index (χ3v) is 5.43. The Hall–Kier alpha value is -2.21. The van der Waals surface area contributed by atoms with Gasteiger partial charge in [-0.3, -0.25) is 14.8 Å². The molecule has 2 aromatic rings. The highest BCUT2D eigenvalue weighted by atomic mass is 16.2. The zero-order valence-electron chi connectivity index (χ0n) is 14.6. The summed E-state index contributed by atoms with van der Waals surface area (Å²) in [6, 6.07) is 5.86. The lowest BCUT2D eigenvalue weighted by Crippen LogP contribution is -2.46. The number of piperidine rings is 1. The van der Waals surface area contributed by atoms with Gasteiger partial charge in [0.15, 0.2) is 0 Å². The van der Waals surface area contributed by atoms with Crippen molar-refractivity contribution in [3.8, 4) is 0 Å². The number of carbonyl (C=O) groups excluding carboxylic acids is 1. The molecular weight excluding hydrogens is 314 g/mol. The molecule has 3 heterocycles. The predicted octanol–water partition coefficient (Wildman–Crippen LogP) is 2.89. The van der Waals surface area contributed by atoms with Gasteiger partial charge in [-0.05, 0) is 62.8 Å². The fourth-order valence-electron chi connectivity index (χ4n) is 3.64. The van der Waals surface area contributed by atoms with Crippen LogP contribution in [0.2, 0.25) is 0 Å². The Kier molecular flexibility index (Phi) is 4.53. The van der Waals surface area contributed by atoms with E-state index in [9.17, 15) is 4.79 Å². The van der Waals surface area contributed by atoms with Crippen molar-refractivity contribution in [2.24, 2.45) is 0 Å². The van der Waals surface area contributed by atoms with Gasteiger partial charge in [0.1, 0.15) is 5.82 Å².